The molecule has 0 saturated carbocycles. The van der Waals surface area contributed by atoms with Gasteiger partial charge in [-0.05, 0) is 56.8 Å². The molecule has 2 aliphatic heterocycles. The van der Waals surface area contributed by atoms with Gasteiger partial charge in [0.25, 0.3) is 0 Å². The van der Waals surface area contributed by atoms with Gasteiger partial charge in [-0.1, -0.05) is 12.5 Å². The van der Waals surface area contributed by atoms with Gasteiger partial charge in [0.1, 0.15) is 15.9 Å². The minimum Gasteiger partial charge on any atom is -0.303 e. The van der Waals surface area contributed by atoms with E-state index < -0.39 is 10.0 Å². The quantitative estimate of drug-likeness (QED) is 0.816. The van der Waals surface area contributed by atoms with Crippen LogP contribution in [0.2, 0.25) is 0 Å². The Balaban J connectivity index is 1.43. The van der Waals surface area contributed by atoms with E-state index >= 15 is 0 Å². The number of sulfonamides is 1. The first-order valence-corrected chi connectivity index (χ1v) is 11.3. The van der Waals surface area contributed by atoms with E-state index in [-0.39, 0.29) is 0 Å². The van der Waals surface area contributed by atoms with Gasteiger partial charge in [0, 0.05) is 19.6 Å². The highest BCUT2D eigenvalue weighted by Gasteiger charge is 2.32. The Hall–Kier alpha value is -1.09. The van der Waals surface area contributed by atoms with E-state index in [1.165, 1.54) is 32.4 Å². The zero-order valence-corrected chi connectivity index (χ0v) is 15.9. The Bertz CT molecular complexity index is 822. The summed E-state index contributed by atoms with van der Waals surface area (Å²) in [5.74, 6) is 0.612. The number of hydrogen-bond acceptors (Lipinski definition) is 6. The first-order valence-electron chi connectivity index (χ1n) is 9.08. The molecular formula is C17H24N4O2S2. The molecule has 0 aliphatic carbocycles. The molecular weight excluding hydrogens is 356 g/mol. The van der Waals surface area contributed by atoms with E-state index in [9.17, 15) is 8.42 Å². The van der Waals surface area contributed by atoms with Crippen LogP contribution in [0.5, 0.6) is 0 Å². The van der Waals surface area contributed by atoms with Gasteiger partial charge in [-0.25, -0.2) is 8.42 Å². The minimum atomic E-state index is -3.49. The largest absolute Gasteiger partial charge is 0.303 e. The fraction of sp³-hybridized carbons (Fsp3) is 0.647. The minimum absolute atomic E-state index is 0.299. The van der Waals surface area contributed by atoms with Crippen molar-refractivity contribution in [3.05, 3.63) is 18.2 Å². The average Bonchev–Trinajstić information content (AvgIpc) is 3.11. The zero-order chi connectivity index (χ0) is 17.3. The second kappa shape index (κ2) is 7.26. The molecule has 4 rings (SSSR count). The smallest absolute Gasteiger partial charge is 0.245 e. The Labute approximate surface area is 153 Å². The summed E-state index contributed by atoms with van der Waals surface area (Å²) in [5, 5.41) is 0. The van der Waals surface area contributed by atoms with E-state index in [4.69, 9.17) is 0 Å². The number of aromatic nitrogens is 2. The van der Waals surface area contributed by atoms with Gasteiger partial charge in [0.05, 0.1) is 11.7 Å². The maximum absolute atomic E-state index is 13.0. The lowest BCUT2D eigenvalue weighted by Gasteiger charge is -2.35. The molecule has 0 N–H and O–H groups in total. The third-order valence-electron chi connectivity index (χ3n) is 5.41. The van der Waals surface area contributed by atoms with Crippen LogP contribution >= 0.6 is 11.7 Å². The third-order valence-corrected chi connectivity index (χ3v) is 7.88. The number of fused-ring (bicyclic) bond motifs is 1. The Kier molecular flexibility index (Phi) is 5.04. The normalized spacial score (nSPS) is 21.8. The van der Waals surface area contributed by atoms with E-state index in [1.807, 2.05) is 6.07 Å². The molecule has 1 aromatic heterocycles. The highest BCUT2D eigenvalue weighted by atomic mass is 32.2. The highest BCUT2D eigenvalue weighted by Crippen LogP contribution is 2.28. The van der Waals surface area contributed by atoms with Gasteiger partial charge in [-0.3, -0.25) is 0 Å². The van der Waals surface area contributed by atoms with Gasteiger partial charge >= 0.3 is 0 Å². The Morgan fingerprint density at radius 2 is 1.80 bits per heavy atom. The molecule has 25 heavy (non-hydrogen) atoms. The molecule has 3 heterocycles. The van der Waals surface area contributed by atoms with Crippen LogP contribution in [0.4, 0.5) is 0 Å². The molecule has 0 bridgehead atoms. The summed E-state index contributed by atoms with van der Waals surface area (Å²) in [7, 11) is -3.49. The van der Waals surface area contributed by atoms with E-state index in [1.54, 1.807) is 16.4 Å². The molecule has 2 aromatic rings. The predicted molar refractivity (Wildman–Crippen MR) is 99.2 cm³/mol. The molecule has 6 nitrogen and oxygen atoms in total. The average molecular weight is 381 g/mol. The first kappa shape index (κ1) is 17.3. The number of likely N-dealkylation sites (tertiary alicyclic amines) is 1. The third kappa shape index (κ3) is 3.58. The van der Waals surface area contributed by atoms with Crippen molar-refractivity contribution in [2.24, 2.45) is 5.92 Å². The van der Waals surface area contributed by atoms with Gasteiger partial charge in [0.2, 0.25) is 10.0 Å². The maximum Gasteiger partial charge on any atom is 0.245 e. The van der Waals surface area contributed by atoms with Crippen molar-refractivity contribution in [1.82, 2.24) is 18.0 Å². The van der Waals surface area contributed by atoms with E-state index in [0.717, 1.165) is 31.1 Å². The molecule has 1 aromatic carbocycles. The fourth-order valence-electron chi connectivity index (χ4n) is 3.97. The van der Waals surface area contributed by atoms with Crippen molar-refractivity contribution in [1.29, 1.82) is 0 Å². The van der Waals surface area contributed by atoms with Crippen LogP contribution in [0.1, 0.15) is 32.1 Å². The molecule has 0 unspecified atom stereocenters. The van der Waals surface area contributed by atoms with Crippen LogP contribution in [-0.4, -0.2) is 59.1 Å². The van der Waals surface area contributed by atoms with Crippen molar-refractivity contribution in [2.45, 2.75) is 37.0 Å². The van der Waals surface area contributed by atoms with E-state index in [0.29, 0.717) is 34.9 Å². The van der Waals surface area contributed by atoms with Crippen LogP contribution in [0.3, 0.4) is 0 Å². The lowest BCUT2D eigenvalue weighted by Crippen LogP contribution is -2.42. The SMILES string of the molecule is O=S(=O)(c1cccc2nsnc12)N1CCC(CN2CCCCC2)CC1. The predicted octanol–water partition coefficient (Wildman–Crippen LogP) is 2.58. The summed E-state index contributed by atoms with van der Waals surface area (Å²) in [6.07, 6.45) is 5.85. The number of benzene rings is 1. The summed E-state index contributed by atoms with van der Waals surface area (Å²) in [6, 6.07) is 5.21. The van der Waals surface area contributed by atoms with Crippen molar-refractivity contribution < 1.29 is 8.42 Å². The summed E-state index contributed by atoms with van der Waals surface area (Å²) in [5.41, 5.74) is 1.16. The summed E-state index contributed by atoms with van der Waals surface area (Å²) >= 11 is 1.06. The van der Waals surface area contributed by atoms with Crippen molar-refractivity contribution in [3.63, 3.8) is 0 Å². The number of rotatable bonds is 4. The van der Waals surface area contributed by atoms with Crippen molar-refractivity contribution >= 4 is 32.8 Å². The Morgan fingerprint density at radius 1 is 1.04 bits per heavy atom. The molecule has 0 amide bonds. The molecule has 0 radical (unpaired) electrons. The van der Waals surface area contributed by atoms with Gasteiger partial charge in [0.15, 0.2) is 0 Å². The first-order chi connectivity index (χ1) is 12.1. The lowest BCUT2D eigenvalue weighted by atomic mass is 9.96. The topological polar surface area (TPSA) is 66.4 Å². The molecule has 8 heteroatoms. The van der Waals surface area contributed by atoms with E-state index in [2.05, 4.69) is 13.6 Å². The zero-order valence-electron chi connectivity index (χ0n) is 14.3. The maximum atomic E-state index is 13.0. The Morgan fingerprint density at radius 3 is 2.56 bits per heavy atom. The second-order valence-corrected chi connectivity index (χ2v) is 9.53. The van der Waals surface area contributed by atoms with Crippen LogP contribution < -0.4 is 0 Å². The molecule has 136 valence electrons. The molecule has 2 saturated heterocycles. The number of hydrogen-bond donors (Lipinski definition) is 0. The monoisotopic (exact) mass is 380 g/mol. The van der Waals surface area contributed by atoms with Gasteiger partial charge in [-0.2, -0.15) is 13.1 Å². The van der Waals surface area contributed by atoms with Crippen molar-refractivity contribution in [2.75, 3.05) is 32.7 Å². The highest BCUT2D eigenvalue weighted by molar-refractivity contribution is 7.89. The number of nitrogens with zero attached hydrogens (tertiary/aromatic N) is 4. The van der Waals surface area contributed by atoms with Crippen LogP contribution in [0.25, 0.3) is 11.0 Å². The molecule has 2 fully saturated rings. The summed E-state index contributed by atoms with van der Waals surface area (Å²) < 4.78 is 36.1. The van der Waals surface area contributed by atoms with Crippen molar-refractivity contribution in [3.8, 4) is 0 Å². The summed E-state index contributed by atoms with van der Waals surface area (Å²) in [4.78, 5) is 2.85. The lowest BCUT2D eigenvalue weighted by molar-refractivity contribution is 0.161. The second-order valence-electron chi connectivity index (χ2n) is 7.10. The van der Waals surface area contributed by atoms with Crippen LogP contribution in [0, 0.1) is 5.92 Å². The standard InChI is InChI=1S/C17H24N4O2S2/c22-25(23,16-6-4-5-15-17(16)19-24-18-15)21-11-7-14(8-12-21)13-20-9-2-1-3-10-20/h4-6,14H,1-3,7-13H2. The fourth-order valence-corrected chi connectivity index (χ4v) is 6.19. The summed E-state index contributed by atoms with van der Waals surface area (Å²) in [6.45, 7) is 4.75. The number of piperidine rings is 2. The van der Waals surface area contributed by atoms with Gasteiger partial charge < -0.3 is 4.90 Å². The van der Waals surface area contributed by atoms with Crippen LogP contribution in [-0.2, 0) is 10.0 Å². The van der Waals surface area contributed by atoms with Gasteiger partial charge in [-0.15, -0.1) is 0 Å². The molecule has 0 atom stereocenters. The molecule has 0 spiro atoms. The van der Waals surface area contributed by atoms with Crippen LogP contribution in [0.15, 0.2) is 23.1 Å². The molecule has 2 aliphatic rings.